The number of imide groups is 1. The van der Waals surface area contributed by atoms with Crippen molar-refractivity contribution in [1.29, 1.82) is 0 Å². The Morgan fingerprint density at radius 1 is 0.909 bits per heavy atom. The van der Waals surface area contributed by atoms with Gasteiger partial charge in [-0.2, -0.15) is 0 Å². The van der Waals surface area contributed by atoms with Crippen molar-refractivity contribution in [2.45, 2.75) is 25.2 Å². The number of nitrogens with zero attached hydrogens (tertiary/aromatic N) is 1. The SMILES string of the molecule is COc1ccc(C(C)=O)cc1N1C(=O)[C@@H]2C3c4ccccc4C(C)(c4ccccc43)[C@H]2C1=O. The molecular weight excluding hydrogens is 414 g/mol. The maximum absolute atomic E-state index is 14.1. The number of hydrogen-bond donors (Lipinski definition) is 0. The van der Waals surface area contributed by atoms with Crippen molar-refractivity contribution in [1.82, 2.24) is 0 Å². The molecule has 0 N–H and O–H groups in total. The Hall–Kier alpha value is -3.73. The molecule has 3 aromatic rings. The van der Waals surface area contributed by atoms with Gasteiger partial charge in [0.05, 0.1) is 24.6 Å². The van der Waals surface area contributed by atoms with E-state index in [1.165, 1.54) is 18.9 Å². The first-order valence-corrected chi connectivity index (χ1v) is 11.1. The number of benzene rings is 3. The second kappa shape index (κ2) is 6.64. The summed E-state index contributed by atoms with van der Waals surface area (Å²) >= 11 is 0. The lowest BCUT2D eigenvalue weighted by Crippen LogP contribution is -2.51. The predicted octanol–water partition coefficient (Wildman–Crippen LogP) is 4.47. The van der Waals surface area contributed by atoms with Crippen molar-refractivity contribution in [2.24, 2.45) is 11.8 Å². The van der Waals surface area contributed by atoms with Gasteiger partial charge in [-0.05, 0) is 47.4 Å². The van der Waals surface area contributed by atoms with E-state index in [-0.39, 0.29) is 23.5 Å². The van der Waals surface area contributed by atoms with Crippen molar-refractivity contribution in [2.75, 3.05) is 12.0 Å². The molecule has 4 aliphatic rings. The van der Waals surface area contributed by atoms with Gasteiger partial charge in [-0.3, -0.25) is 14.4 Å². The second-order valence-electron chi connectivity index (χ2n) is 9.31. The summed E-state index contributed by atoms with van der Waals surface area (Å²) in [7, 11) is 1.50. The zero-order chi connectivity index (χ0) is 23.1. The van der Waals surface area contributed by atoms with Crippen LogP contribution in [0.15, 0.2) is 66.7 Å². The molecule has 1 fully saturated rings. The summed E-state index contributed by atoms with van der Waals surface area (Å²) in [4.78, 5) is 41.4. The monoisotopic (exact) mass is 437 g/mol. The van der Waals surface area contributed by atoms with Crippen LogP contribution in [0.1, 0.15) is 52.4 Å². The molecule has 0 spiro atoms. The molecule has 1 aliphatic heterocycles. The Morgan fingerprint density at radius 2 is 1.52 bits per heavy atom. The highest BCUT2D eigenvalue weighted by molar-refractivity contribution is 6.24. The van der Waals surface area contributed by atoms with E-state index in [0.717, 1.165) is 22.3 Å². The maximum Gasteiger partial charge on any atom is 0.239 e. The fourth-order valence-electron chi connectivity index (χ4n) is 6.47. The van der Waals surface area contributed by atoms with E-state index in [9.17, 15) is 14.4 Å². The predicted molar refractivity (Wildman–Crippen MR) is 124 cm³/mol. The number of anilines is 1. The van der Waals surface area contributed by atoms with E-state index in [0.29, 0.717) is 17.0 Å². The van der Waals surface area contributed by atoms with Gasteiger partial charge in [-0.15, -0.1) is 0 Å². The average molecular weight is 437 g/mol. The fourth-order valence-corrected chi connectivity index (χ4v) is 6.47. The van der Waals surface area contributed by atoms with Gasteiger partial charge >= 0.3 is 0 Å². The standard InChI is InChI=1S/C28H23NO4/c1-15(30)16-12-13-22(33-3)21(14-16)29-26(31)24-23-17-8-4-6-10-19(17)28(2,25(24)27(29)32)20-11-7-5-9-18(20)23/h4-14,23-25H,1-3H3/t23?,24-,25-,28?/m1/s1. The van der Waals surface area contributed by atoms with Gasteiger partial charge in [-0.1, -0.05) is 55.5 Å². The van der Waals surface area contributed by atoms with Crippen LogP contribution < -0.4 is 9.64 Å². The minimum atomic E-state index is -0.625. The third-order valence-electron chi connectivity index (χ3n) is 7.87. The minimum Gasteiger partial charge on any atom is -0.495 e. The molecule has 0 unspecified atom stereocenters. The summed E-state index contributed by atoms with van der Waals surface area (Å²) in [5.74, 6) is -1.42. The van der Waals surface area contributed by atoms with Crippen molar-refractivity contribution in [3.63, 3.8) is 0 Å². The van der Waals surface area contributed by atoms with E-state index in [1.807, 2.05) is 24.3 Å². The molecule has 2 atom stereocenters. The molecule has 0 aromatic heterocycles. The molecule has 0 radical (unpaired) electrons. The Labute approximate surface area is 192 Å². The van der Waals surface area contributed by atoms with Crippen LogP contribution in [0.5, 0.6) is 5.75 Å². The normalized spacial score (nSPS) is 26.6. The highest BCUT2D eigenvalue weighted by atomic mass is 16.5. The van der Waals surface area contributed by atoms with Crippen LogP contribution in [0.2, 0.25) is 0 Å². The van der Waals surface area contributed by atoms with Crippen molar-refractivity contribution >= 4 is 23.3 Å². The molecular formula is C28H23NO4. The molecule has 3 aromatic carbocycles. The van der Waals surface area contributed by atoms with Gasteiger partial charge in [0.2, 0.25) is 11.8 Å². The van der Waals surface area contributed by atoms with Gasteiger partial charge in [0.1, 0.15) is 5.75 Å². The lowest BCUT2D eigenvalue weighted by atomic mass is 9.48. The second-order valence-corrected chi connectivity index (χ2v) is 9.31. The third-order valence-corrected chi connectivity index (χ3v) is 7.87. The maximum atomic E-state index is 14.1. The molecule has 1 saturated heterocycles. The molecule has 33 heavy (non-hydrogen) atoms. The number of ketones is 1. The van der Waals surface area contributed by atoms with E-state index in [1.54, 1.807) is 18.2 Å². The quantitative estimate of drug-likeness (QED) is 0.448. The van der Waals surface area contributed by atoms with Crippen molar-refractivity contribution in [3.05, 3.63) is 94.5 Å². The molecule has 164 valence electrons. The van der Waals surface area contributed by atoms with Gasteiger partial charge < -0.3 is 4.74 Å². The largest absolute Gasteiger partial charge is 0.495 e. The number of methoxy groups -OCH3 is 1. The zero-order valence-electron chi connectivity index (χ0n) is 18.7. The van der Waals surface area contributed by atoms with E-state index < -0.39 is 17.3 Å². The van der Waals surface area contributed by atoms with E-state index >= 15 is 0 Å². The van der Waals surface area contributed by atoms with E-state index in [2.05, 4.69) is 31.2 Å². The number of Topliss-reactive ketones (excluding diaryl/α,β-unsaturated/α-hetero) is 1. The first-order valence-electron chi connectivity index (χ1n) is 11.1. The molecule has 2 bridgehead atoms. The summed E-state index contributed by atoms with van der Waals surface area (Å²) in [6.45, 7) is 3.56. The minimum absolute atomic E-state index is 0.137. The third kappa shape index (κ3) is 2.34. The smallest absolute Gasteiger partial charge is 0.239 e. The van der Waals surface area contributed by atoms with Gasteiger partial charge in [0.25, 0.3) is 0 Å². The molecule has 3 aliphatic carbocycles. The highest BCUT2D eigenvalue weighted by Crippen LogP contribution is 2.64. The number of carbonyl (C=O) groups is 3. The molecule has 7 rings (SSSR count). The van der Waals surface area contributed by atoms with Crippen LogP contribution in [-0.4, -0.2) is 24.7 Å². The van der Waals surface area contributed by atoms with Crippen LogP contribution >= 0.6 is 0 Å². The first-order chi connectivity index (χ1) is 15.9. The van der Waals surface area contributed by atoms with Crippen LogP contribution in [0.25, 0.3) is 0 Å². The molecule has 2 amide bonds. The topological polar surface area (TPSA) is 63.7 Å². The Balaban J connectivity index is 1.59. The zero-order valence-corrected chi connectivity index (χ0v) is 18.7. The molecule has 5 nitrogen and oxygen atoms in total. The van der Waals surface area contributed by atoms with Crippen LogP contribution in [0, 0.1) is 11.8 Å². The first kappa shape index (κ1) is 19.9. The number of hydrogen-bond acceptors (Lipinski definition) is 4. The summed E-state index contributed by atoms with van der Waals surface area (Å²) in [6.07, 6.45) is 0. The number of rotatable bonds is 3. The molecule has 1 heterocycles. The Kier molecular flexibility index (Phi) is 4.01. The fraction of sp³-hybridized carbons (Fsp3) is 0.250. The highest BCUT2D eigenvalue weighted by Gasteiger charge is 2.66. The molecule has 0 saturated carbocycles. The van der Waals surface area contributed by atoms with Gasteiger partial charge in [0, 0.05) is 16.9 Å². The Bertz CT molecular complexity index is 1330. The number of ether oxygens (including phenoxy) is 1. The summed E-state index contributed by atoms with van der Waals surface area (Å²) in [6, 6.07) is 21.2. The van der Waals surface area contributed by atoms with Crippen LogP contribution in [0.3, 0.4) is 0 Å². The van der Waals surface area contributed by atoms with Gasteiger partial charge in [-0.25, -0.2) is 4.90 Å². The number of carbonyl (C=O) groups excluding carboxylic acids is 3. The van der Waals surface area contributed by atoms with Crippen molar-refractivity contribution < 1.29 is 19.1 Å². The van der Waals surface area contributed by atoms with Crippen LogP contribution in [-0.2, 0) is 15.0 Å². The summed E-state index contributed by atoms with van der Waals surface area (Å²) < 4.78 is 5.50. The Morgan fingerprint density at radius 3 is 2.09 bits per heavy atom. The average Bonchev–Trinajstić information content (AvgIpc) is 3.10. The van der Waals surface area contributed by atoms with E-state index in [4.69, 9.17) is 4.74 Å². The lowest BCUT2D eigenvalue weighted by molar-refractivity contribution is -0.123. The lowest BCUT2D eigenvalue weighted by Gasteiger charge is -2.52. The number of amides is 2. The summed E-state index contributed by atoms with van der Waals surface area (Å²) in [5.41, 5.74) is 4.61. The molecule has 5 heteroatoms. The van der Waals surface area contributed by atoms with Crippen molar-refractivity contribution in [3.8, 4) is 5.75 Å². The van der Waals surface area contributed by atoms with Crippen LogP contribution in [0.4, 0.5) is 5.69 Å². The summed E-state index contributed by atoms with van der Waals surface area (Å²) in [5, 5.41) is 0. The van der Waals surface area contributed by atoms with Gasteiger partial charge in [0.15, 0.2) is 5.78 Å².